The smallest absolute Gasteiger partial charge is 0.235 e. The summed E-state index contributed by atoms with van der Waals surface area (Å²) in [6, 6.07) is 5.42. The standard InChI is InChI=1S/C15H17ClFN3O2/c1-20-11-4-2-3-10(16)12(11)18-14(20)19-13(21)15(9-17)5-7-22-8-6-15/h2-4H,5-9H2,1H3,(H,18,19,21). The van der Waals surface area contributed by atoms with Crippen molar-refractivity contribution in [3.63, 3.8) is 0 Å². The Morgan fingerprint density at radius 2 is 2.23 bits per heavy atom. The van der Waals surface area contributed by atoms with Gasteiger partial charge < -0.3 is 9.30 Å². The van der Waals surface area contributed by atoms with E-state index in [2.05, 4.69) is 10.3 Å². The fraction of sp³-hybridized carbons (Fsp3) is 0.467. The average molecular weight is 326 g/mol. The van der Waals surface area contributed by atoms with Gasteiger partial charge >= 0.3 is 0 Å². The van der Waals surface area contributed by atoms with Gasteiger partial charge in [-0.15, -0.1) is 0 Å². The molecule has 0 unspecified atom stereocenters. The zero-order chi connectivity index (χ0) is 15.7. The Morgan fingerprint density at radius 3 is 2.86 bits per heavy atom. The highest BCUT2D eigenvalue weighted by Crippen LogP contribution is 2.33. The number of nitrogens with zero attached hydrogens (tertiary/aromatic N) is 2. The van der Waals surface area contributed by atoms with Gasteiger partial charge in [-0.2, -0.15) is 0 Å². The van der Waals surface area contributed by atoms with Crippen LogP contribution in [-0.2, 0) is 16.6 Å². The van der Waals surface area contributed by atoms with E-state index in [-0.39, 0.29) is 5.91 Å². The number of anilines is 1. The lowest BCUT2D eigenvalue weighted by Crippen LogP contribution is -2.43. The molecule has 0 atom stereocenters. The Bertz CT molecular complexity index is 710. The van der Waals surface area contributed by atoms with Gasteiger partial charge in [-0.25, -0.2) is 9.37 Å². The third-order valence-electron chi connectivity index (χ3n) is 4.27. The molecule has 1 aromatic carbocycles. The number of para-hydroxylation sites is 1. The number of ether oxygens (including phenoxy) is 1. The van der Waals surface area contributed by atoms with Crippen LogP contribution < -0.4 is 5.32 Å². The highest BCUT2D eigenvalue weighted by atomic mass is 35.5. The van der Waals surface area contributed by atoms with Crippen LogP contribution >= 0.6 is 11.6 Å². The molecule has 3 rings (SSSR count). The molecule has 1 amide bonds. The van der Waals surface area contributed by atoms with Crippen molar-refractivity contribution in [2.45, 2.75) is 12.8 Å². The highest BCUT2D eigenvalue weighted by Gasteiger charge is 2.40. The predicted octanol–water partition coefficient (Wildman–Crippen LogP) is 2.93. The number of imidazole rings is 1. The number of nitrogens with one attached hydrogen (secondary N) is 1. The van der Waals surface area contributed by atoms with E-state index in [0.29, 0.717) is 42.5 Å². The van der Waals surface area contributed by atoms with Crippen LogP contribution in [0.4, 0.5) is 10.3 Å². The molecule has 0 bridgehead atoms. The molecule has 0 aliphatic carbocycles. The number of aryl methyl sites for hydroxylation is 1. The summed E-state index contributed by atoms with van der Waals surface area (Å²) in [6.07, 6.45) is 0.750. The fourth-order valence-corrected chi connectivity index (χ4v) is 2.92. The highest BCUT2D eigenvalue weighted by molar-refractivity contribution is 6.35. The molecule has 1 saturated heterocycles. The van der Waals surface area contributed by atoms with Gasteiger partial charge in [0.1, 0.15) is 12.2 Å². The molecule has 1 fully saturated rings. The average Bonchev–Trinajstić information content (AvgIpc) is 2.86. The number of amides is 1. The van der Waals surface area contributed by atoms with Gasteiger partial charge in [-0.1, -0.05) is 17.7 Å². The molecule has 118 valence electrons. The first-order valence-corrected chi connectivity index (χ1v) is 7.51. The summed E-state index contributed by atoms with van der Waals surface area (Å²) in [6.45, 7) is 0.0876. The molecule has 1 N–H and O–H groups in total. The number of benzene rings is 1. The zero-order valence-electron chi connectivity index (χ0n) is 12.2. The maximum Gasteiger partial charge on any atom is 0.235 e. The zero-order valence-corrected chi connectivity index (χ0v) is 13.0. The van der Waals surface area contributed by atoms with E-state index in [9.17, 15) is 9.18 Å². The Hall–Kier alpha value is -1.66. The molecule has 1 aromatic heterocycles. The summed E-state index contributed by atoms with van der Waals surface area (Å²) in [5.41, 5.74) is 0.396. The monoisotopic (exact) mass is 325 g/mol. The number of carbonyl (C=O) groups excluding carboxylic acids is 1. The summed E-state index contributed by atoms with van der Waals surface area (Å²) in [4.78, 5) is 16.9. The quantitative estimate of drug-likeness (QED) is 0.944. The summed E-state index contributed by atoms with van der Waals surface area (Å²) < 4.78 is 20.5. The van der Waals surface area contributed by atoms with Crippen molar-refractivity contribution in [1.29, 1.82) is 0 Å². The van der Waals surface area contributed by atoms with Gasteiger partial charge in [0, 0.05) is 20.3 Å². The first kappa shape index (κ1) is 15.2. The molecule has 0 radical (unpaired) electrons. The van der Waals surface area contributed by atoms with Gasteiger partial charge in [-0.3, -0.25) is 10.1 Å². The second-order valence-electron chi connectivity index (χ2n) is 5.58. The van der Waals surface area contributed by atoms with E-state index in [1.165, 1.54) is 0 Å². The number of halogens is 2. The van der Waals surface area contributed by atoms with Gasteiger partial charge in [0.2, 0.25) is 11.9 Å². The Morgan fingerprint density at radius 1 is 1.50 bits per heavy atom. The molecule has 2 heterocycles. The number of carbonyl (C=O) groups is 1. The van der Waals surface area contributed by atoms with E-state index in [1.54, 1.807) is 17.7 Å². The number of rotatable bonds is 3. The second kappa shape index (κ2) is 5.85. The van der Waals surface area contributed by atoms with Crippen molar-refractivity contribution < 1.29 is 13.9 Å². The van der Waals surface area contributed by atoms with Crippen LogP contribution in [-0.4, -0.2) is 35.3 Å². The summed E-state index contributed by atoms with van der Waals surface area (Å²) >= 11 is 6.12. The first-order valence-electron chi connectivity index (χ1n) is 7.13. The predicted molar refractivity (Wildman–Crippen MR) is 82.8 cm³/mol. The number of hydrogen-bond acceptors (Lipinski definition) is 3. The molecule has 1 aliphatic heterocycles. The largest absolute Gasteiger partial charge is 0.381 e. The molecular formula is C15H17ClFN3O2. The van der Waals surface area contributed by atoms with Crippen LogP contribution in [0.2, 0.25) is 5.02 Å². The first-order chi connectivity index (χ1) is 10.6. The number of alkyl halides is 1. The number of hydrogen-bond donors (Lipinski definition) is 1. The van der Waals surface area contributed by atoms with E-state index >= 15 is 0 Å². The number of fused-ring (bicyclic) bond motifs is 1. The van der Waals surface area contributed by atoms with Crippen LogP contribution in [0.1, 0.15) is 12.8 Å². The normalized spacial score (nSPS) is 17.6. The van der Waals surface area contributed by atoms with E-state index in [1.807, 2.05) is 12.1 Å². The molecule has 7 heteroatoms. The van der Waals surface area contributed by atoms with Crippen molar-refractivity contribution in [1.82, 2.24) is 9.55 Å². The second-order valence-corrected chi connectivity index (χ2v) is 5.99. The van der Waals surface area contributed by atoms with Gasteiger partial charge in [0.05, 0.1) is 16.0 Å². The third-order valence-corrected chi connectivity index (χ3v) is 4.58. The van der Waals surface area contributed by atoms with Crippen LogP contribution in [0.25, 0.3) is 11.0 Å². The van der Waals surface area contributed by atoms with Crippen molar-refractivity contribution in [3.8, 4) is 0 Å². The molecular weight excluding hydrogens is 309 g/mol. The Balaban J connectivity index is 1.91. The van der Waals surface area contributed by atoms with Crippen molar-refractivity contribution in [2.75, 3.05) is 25.2 Å². The molecule has 0 saturated carbocycles. The minimum atomic E-state index is -1.03. The number of aromatic nitrogens is 2. The van der Waals surface area contributed by atoms with Gasteiger partial charge in [0.25, 0.3) is 0 Å². The molecule has 0 spiro atoms. The van der Waals surface area contributed by atoms with E-state index < -0.39 is 12.1 Å². The topological polar surface area (TPSA) is 56.2 Å². The maximum absolute atomic E-state index is 13.5. The van der Waals surface area contributed by atoms with Crippen molar-refractivity contribution in [3.05, 3.63) is 23.2 Å². The lowest BCUT2D eigenvalue weighted by Gasteiger charge is -2.32. The SMILES string of the molecule is Cn1c(NC(=O)C2(CF)CCOCC2)nc2c(Cl)cccc21. The molecule has 22 heavy (non-hydrogen) atoms. The van der Waals surface area contributed by atoms with Crippen LogP contribution in [0.3, 0.4) is 0 Å². The Labute approximate surface area is 132 Å². The van der Waals surface area contributed by atoms with E-state index in [4.69, 9.17) is 16.3 Å². The van der Waals surface area contributed by atoms with Gasteiger partial charge in [-0.05, 0) is 25.0 Å². The molecule has 2 aromatic rings. The maximum atomic E-state index is 13.5. The summed E-state index contributed by atoms with van der Waals surface area (Å²) in [7, 11) is 1.79. The van der Waals surface area contributed by atoms with Crippen LogP contribution in [0.5, 0.6) is 0 Å². The summed E-state index contributed by atoms with van der Waals surface area (Å²) in [5.74, 6) is 0.0141. The van der Waals surface area contributed by atoms with Crippen LogP contribution in [0.15, 0.2) is 18.2 Å². The van der Waals surface area contributed by atoms with E-state index in [0.717, 1.165) is 5.52 Å². The third kappa shape index (κ3) is 2.46. The molecule has 1 aliphatic rings. The summed E-state index contributed by atoms with van der Waals surface area (Å²) in [5, 5.41) is 3.26. The van der Waals surface area contributed by atoms with Crippen LogP contribution in [0, 0.1) is 5.41 Å². The van der Waals surface area contributed by atoms with Crippen molar-refractivity contribution >= 4 is 34.5 Å². The lowest BCUT2D eigenvalue weighted by molar-refractivity contribution is -0.132. The van der Waals surface area contributed by atoms with Crippen molar-refractivity contribution in [2.24, 2.45) is 12.5 Å². The minimum Gasteiger partial charge on any atom is -0.381 e. The fourth-order valence-electron chi connectivity index (χ4n) is 2.71. The Kier molecular flexibility index (Phi) is 4.06. The van der Waals surface area contributed by atoms with Gasteiger partial charge in [0.15, 0.2) is 0 Å². The lowest BCUT2D eigenvalue weighted by atomic mass is 9.80. The molecule has 5 nitrogen and oxygen atoms in total. The minimum absolute atomic E-state index is 0.354.